The number of aromatic amines is 1. The van der Waals surface area contributed by atoms with Crippen LogP contribution in [0.4, 0.5) is 5.69 Å². The first-order chi connectivity index (χ1) is 16.3. The Labute approximate surface area is 199 Å². The van der Waals surface area contributed by atoms with Gasteiger partial charge >= 0.3 is 5.97 Å². The highest BCUT2D eigenvalue weighted by Crippen LogP contribution is 2.54. The van der Waals surface area contributed by atoms with Gasteiger partial charge in [-0.15, -0.1) is 0 Å². The number of ether oxygens (including phenoxy) is 2. The van der Waals surface area contributed by atoms with Crippen LogP contribution in [-0.2, 0) is 26.3 Å². The molecule has 8 nitrogen and oxygen atoms in total. The normalized spacial score (nSPS) is 18.6. The fourth-order valence-electron chi connectivity index (χ4n) is 4.82. The number of hydrogen-bond donors (Lipinski definition) is 2. The number of methoxy groups -OCH3 is 1. The van der Waals surface area contributed by atoms with Gasteiger partial charge in [-0.25, -0.2) is 4.79 Å². The summed E-state index contributed by atoms with van der Waals surface area (Å²) in [6, 6.07) is 15.7. The zero-order valence-electron chi connectivity index (χ0n) is 18.3. The molecule has 0 saturated heterocycles. The predicted molar refractivity (Wildman–Crippen MR) is 126 cm³/mol. The highest BCUT2D eigenvalue weighted by molar-refractivity contribution is 6.31. The number of nitrogens with two attached hydrogens (primary N) is 1. The molecule has 0 radical (unpaired) electrons. The van der Waals surface area contributed by atoms with E-state index in [1.165, 1.54) is 12.0 Å². The van der Waals surface area contributed by atoms with Gasteiger partial charge in [-0.05, 0) is 24.6 Å². The third-order valence-electron chi connectivity index (χ3n) is 6.19. The Morgan fingerprint density at radius 3 is 2.62 bits per heavy atom. The summed E-state index contributed by atoms with van der Waals surface area (Å²) in [5.41, 5.74) is 5.70. The van der Waals surface area contributed by atoms with Crippen LogP contribution in [0.5, 0.6) is 5.75 Å². The molecule has 3 N–H and O–H groups in total. The number of hydrogen-bond acceptors (Lipinski definition) is 6. The Kier molecular flexibility index (Phi) is 4.98. The number of nitrogens with zero attached hydrogens (tertiary/aromatic N) is 1. The molecule has 1 spiro atoms. The second kappa shape index (κ2) is 7.78. The minimum absolute atomic E-state index is 0.0215. The molecule has 1 amide bonds. The van der Waals surface area contributed by atoms with Gasteiger partial charge in [0.05, 0.1) is 19.2 Å². The van der Waals surface area contributed by atoms with E-state index in [9.17, 15) is 14.4 Å². The molecule has 1 atom stereocenters. The van der Waals surface area contributed by atoms with Gasteiger partial charge in [0.25, 0.3) is 5.56 Å². The van der Waals surface area contributed by atoms with Crippen LogP contribution < -0.4 is 20.9 Å². The molecule has 1 aromatic heterocycles. The first-order valence-corrected chi connectivity index (χ1v) is 10.8. The molecule has 9 heteroatoms. The summed E-state index contributed by atoms with van der Waals surface area (Å²) < 4.78 is 10.7. The number of aromatic nitrogens is 1. The van der Waals surface area contributed by atoms with Crippen molar-refractivity contribution in [3.05, 3.63) is 104 Å². The molecule has 172 valence electrons. The lowest BCUT2D eigenvalue weighted by atomic mass is 9.68. The number of fused-ring (bicyclic) bond motifs is 4. The summed E-state index contributed by atoms with van der Waals surface area (Å²) in [5.74, 6) is -1.59. The summed E-state index contributed by atoms with van der Waals surface area (Å²) in [6.07, 6.45) is 0. The molecule has 0 unspecified atom stereocenters. The third-order valence-corrected chi connectivity index (χ3v) is 6.56. The van der Waals surface area contributed by atoms with E-state index in [1.54, 1.807) is 49.4 Å². The minimum atomic E-state index is -1.86. The Bertz CT molecular complexity index is 1460. The van der Waals surface area contributed by atoms with E-state index in [-0.39, 0.29) is 29.3 Å². The summed E-state index contributed by atoms with van der Waals surface area (Å²) in [5, 5.41) is 0.484. The number of H-pyrrole nitrogens is 1. The number of carbonyl (C=O) groups is 2. The number of nitrogens with one attached hydrogen (secondary N) is 1. The summed E-state index contributed by atoms with van der Waals surface area (Å²) >= 11 is 6.39. The number of amides is 1. The molecule has 2 aliphatic rings. The van der Waals surface area contributed by atoms with Crippen molar-refractivity contribution in [2.45, 2.75) is 18.9 Å². The van der Waals surface area contributed by atoms with Crippen molar-refractivity contribution in [2.24, 2.45) is 5.73 Å². The molecule has 5 rings (SSSR count). The maximum absolute atomic E-state index is 14.4. The van der Waals surface area contributed by atoms with Crippen LogP contribution in [0, 0.1) is 6.92 Å². The van der Waals surface area contributed by atoms with Gasteiger partial charge in [0.2, 0.25) is 11.8 Å². The van der Waals surface area contributed by atoms with Crippen LogP contribution in [0.1, 0.15) is 22.4 Å². The van der Waals surface area contributed by atoms with Gasteiger partial charge in [0.1, 0.15) is 16.7 Å². The molecule has 34 heavy (non-hydrogen) atoms. The summed E-state index contributed by atoms with van der Waals surface area (Å²) in [6.45, 7) is 1.80. The van der Waals surface area contributed by atoms with E-state index in [0.717, 1.165) is 0 Å². The van der Waals surface area contributed by atoms with E-state index in [4.69, 9.17) is 26.8 Å². The predicted octanol–water partition coefficient (Wildman–Crippen LogP) is 2.91. The molecular weight excluding hydrogens is 458 g/mol. The number of carbonyl (C=O) groups excluding carboxylic acids is 2. The largest absolute Gasteiger partial charge is 0.465 e. The molecule has 2 aliphatic heterocycles. The zero-order chi connectivity index (χ0) is 24.2. The quantitative estimate of drug-likeness (QED) is 0.560. The van der Waals surface area contributed by atoms with E-state index in [1.807, 2.05) is 12.1 Å². The topological polar surface area (TPSA) is 115 Å². The van der Waals surface area contributed by atoms with Crippen molar-refractivity contribution in [3.63, 3.8) is 0 Å². The van der Waals surface area contributed by atoms with Crippen LogP contribution in [0.25, 0.3) is 0 Å². The van der Waals surface area contributed by atoms with Gasteiger partial charge in [-0.3, -0.25) is 9.59 Å². The number of anilines is 1. The number of para-hydroxylation sites is 1. The minimum Gasteiger partial charge on any atom is -0.465 e. The van der Waals surface area contributed by atoms with Gasteiger partial charge in [-0.2, -0.15) is 0 Å². The molecule has 0 bridgehead atoms. The van der Waals surface area contributed by atoms with Crippen LogP contribution >= 0.6 is 11.6 Å². The average molecular weight is 478 g/mol. The van der Waals surface area contributed by atoms with Crippen molar-refractivity contribution in [1.29, 1.82) is 0 Å². The lowest BCUT2D eigenvalue weighted by Crippen LogP contribution is -2.51. The fourth-order valence-corrected chi connectivity index (χ4v) is 5.01. The molecule has 0 saturated carbocycles. The lowest BCUT2D eigenvalue weighted by molar-refractivity contribution is -0.138. The Morgan fingerprint density at radius 1 is 1.18 bits per heavy atom. The molecule has 0 fully saturated rings. The fraction of sp³-hybridized carbons (Fsp3) is 0.160. The zero-order valence-corrected chi connectivity index (χ0v) is 19.1. The number of aryl methyl sites for hydroxylation is 1. The monoisotopic (exact) mass is 477 g/mol. The van der Waals surface area contributed by atoms with E-state index in [2.05, 4.69) is 4.98 Å². The first kappa shape index (κ1) is 21.8. The van der Waals surface area contributed by atoms with Gasteiger partial charge in [0, 0.05) is 28.0 Å². The smallest absolute Gasteiger partial charge is 0.340 e. The molecule has 3 aromatic rings. The SMILES string of the molecule is COC(=O)C1=C(N)Oc2cc(C)[nH]c(=O)c2[C@]12C(=O)N(Cc1ccccc1Cl)c1ccccc12. The van der Waals surface area contributed by atoms with Crippen LogP contribution in [0.3, 0.4) is 0 Å². The Balaban J connectivity index is 1.85. The number of esters is 1. The molecular formula is C25H20ClN3O5. The maximum atomic E-state index is 14.4. The maximum Gasteiger partial charge on any atom is 0.340 e. The number of rotatable bonds is 3. The highest BCUT2D eigenvalue weighted by atomic mass is 35.5. The van der Waals surface area contributed by atoms with E-state index in [0.29, 0.717) is 27.5 Å². The summed E-state index contributed by atoms with van der Waals surface area (Å²) in [4.78, 5) is 45.0. The summed E-state index contributed by atoms with van der Waals surface area (Å²) in [7, 11) is 1.18. The lowest BCUT2D eigenvalue weighted by Gasteiger charge is -2.35. The van der Waals surface area contributed by atoms with Gasteiger partial charge < -0.3 is 25.1 Å². The van der Waals surface area contributed by atoms with Gasteiger partial charge in [0.15, 0.2) is 0 Å². The third kappa shape index (κ3) is 2.88. The van der Waals surface area contributed by atoms with Crippen molar-refractivity contribution in [1.82, 2.24) is 4.98 Å². The number of benzene rings is 2. The van der Waals surface area contributed by atoms with Crippen LogP contribution in [-0.4, -0.2) is 24.0 Å². The molecule has 3 heterocycles. The Hall–Kier alpha value is -4.04. The second-order valence-corrected chi connectivity index (χ2v) is 8.51. The average Bonchev–Trinajstić information content (AvgIpc) is 3.03. The Morgan fingerprint density at radius 2 is 1.88 bits per heavy atom. The van der Waals surface area contributed by atoms with Crippen LogP contribution in [0.2, 0.25) is 5.02 Å². The van der Waals surface area contributed by atoms with Crippen LogP contribution in [0.15, 0.2) is 70.8 Å². The number of pyridine rings is 1. The number of halogens is 1. The van der Waals surface area contributed by atoms with Crippen molar-refractivity contribution in [3.8, 4) is 5.75 Å². The standard InChI is InChI=1S/C25H20ClN3O5/c1-13-11-18-19(22(30)28-13)25(20(21(27)34-18)23(31)33-2)15-8-4-6-10-17(15)29(24(25)32)12-14-7-3-5-9-16(14)26/h3-11H,12,27H2,1-2H3,(H,28,30)/t25-/m0/s1. The van der Waals surface area contributed by atoms with Crippen molar-refractivity contribution in [2.75, 3.05) is 12.0 Å². The molecule has 2 aromatic carbocycles. The first-order valence-electron chi connectivity index (χ1n) is 10.5. The van der Waals surface area contributed by atoms with Crippen molar-refractivity contribution >= 4 is 29.2 Å². The highest BCUT2D eigenvalue weighted by Gasteiger charge is 2.62. The van der Waals surface area contributed by atoms with E-state index < -0.39 is 22.9 Å². The van der Waals surface area contributed by atoms with Gasteiger partial charge in [-0.1, -0.05) is 48.0 Å². The molecule has 0 aliphatic carbocycles. The second-order valence-electron chi connectivity index (χ2n) is 8.10. The van der Waals surface area contributed by atoms with E-state index >= 15 is 0 Å². The van der Waals surface area contributed by atoms with Crippen molar-refractivity contribution < 1.29 is 19.1 Å².